The zero-order chi connectivity index (χ0) is 14.7. The SMILES string of the molecule is Cc1cc(NC(=O)Nc2nnns2)cc(C(=O)O)c1C. The summed E-state index contributed by atoms with van der Waals surface area (Å²) in [6.07, 6.45) is 0. The van der Waals surface area contributed by atoms with Gasteiger partial charge in [0.15, 0.2) is 0 Å². The number of hydrogen-bond acceptors (Lipinski definition) is 6. The van der Waals surface area contributed by atoms with Crippen molar-refractivity contribution in [3.63, 3.8) is 0 Å². The molecule has 0 unspecified atom stereocenters. The Labute approximate surface area is 118 Å². The second-order valence-electron chi connectivity index (χ2n) is 4.02. The molecule has 9 heteroatoms. The highest BCUT2D eigenvalue weighted by molar-refractivity contribution is 7.09. The number of nitrogens with zero attached hydrogens (tertiary/aromatic N) is 3. The maximum absolute atomic E-state index is 11.7. The topological polar surface area (TPSA) is 117 Å². The first kappa shape index (κ1) is 13.9. The summed E-state index contributed by atoms with van der Waals surface area (Å²) < 4.78 is 3.51. The monoisotopic (exact) mass is 293 g/mol. The Balaban J connectivity index is 2.17. The molecule has 0 saturated carbocycles. The van der Waals surface area contributed by atoms with E-state index in [0.29, 0.717) is 11.3 Å². The quantitative estimate of drug-likeness (QED) is 0.795. The highest BCUT2D eigenvalue weighted by Crippen LogP contribution is 2.20. The molecule has 2 amide bonds. The minimum absolute atomic E-state index is 0.151. The van der Waals surface area contributed by atoms with Crippen LogP contribution < -0.4 is 10.6 Å². The van der Waals surface area contributed by atoms with Gasteiger partial charge in [-0.3, -0.25) is 5.32 Å². The zero-order valence-electron chi connectivity index (χ0n) is 10.7. The van der Waals surface area contributed by atoms with E-state index in [1.165, 1.54) is 6.07 Å². The maximum Gasteiger partial charge on any atom is 0.336 e. The van der Waals surface area contributed by atoms with Crippen molar-refractivity contribution in [2.45, 2.75) is 13.8 Å². The van der Waals surface area contributed by atoms with E-state index in [2.05, 4.69) is 25.4 Å². The third kappa shape index (κ3) is 3.06. The first-order valence-corrected chi connectivity index (χ1v) is 6.32. The van der Waals surface area contributed by atoms with Crippen LogP contribution in [0.4, 0.5) is 15.6 Å². The molecule has 0 aliphatic carbocycles. The second-order valence-corrected chi connectivity index (χ2v) is 4.75. The van der Waals surface area contributed by atoms with Crippen molar-refractivity contribution in [1.29, 1.82) is 0 Å². The predicted molar refractivity (Wildman–Crippen MR) is 73.2 cm³/mol. The van der Waals surface area contributed by atoms with Crippen molar-refractivity contribution < 1.29 is 14.7 Å². The summed E-state index contributed by atoms with van der Waals surface area (Å²) in [6.45, 7) is 3.50. The molecule has 0 spiro atoms. The van der Waals surface area contributed by atoms with E-state index in [1.807, 2.05) is 0 Å². The van der Waals surface area contributed by atoms with E-state index < -0.39 is 12.0 Å². The van der Waals surface area contributed by atoms with E-state index in [4.69, 9.17) is 5.11 Å². The van der Waals surface area contributed by atoms with E-state index in [1.54, 1.807) is 19.9 Å². The van der Waals surface area contributed by atoms with Gasteiger partial charge in [-0.1, -0.05) is 9.59 Å². The van der Waals surface area contributed by atoms with E-state index >= 15 is 0 Å². The molecule has 0 aliphatic rings. The van der Waals surface area contributed by atoms with Crippen LogP contribution in [-0.4, -0.2) is 31.9 Å². The van der Waals surface area contributed by atoms with Crippen LogP contribution in [0.15, 0.2) is 12.1 Å². The average molecular weight is 293 g/mol. The largest absolute Gasteiger partial charge is 0.478 e. The van der Waals surface area contributed by atoms with Gasteiger partial charge in [-0.2, -0.15) is 0 Å². The number of anilines is 2. The third-order valence-electron chi connectivity index (χ3n) is 2.68. The third-order valence-corrected chi connectivity index (χ3v) is 3.19. The number of nitrogens with one attached hydrogen (secondary N) is 2. The van der Waals surface area contributed by atoms with Gasteiger partial charge in [0, 0.05) is 17.2 Å². The van der Waals surface area contributed by atoms with E-state index in [9.17, 15) is 9.59 Å². The number of carbonyl (C=O) groups is 2. The number of aromatic nitrogens is 3. The van der Waals surface area contributed by atoms with Gasteiger partial charge in [-0.15, -0.1) is 0 Å². The average Bonchev–Trinajstić information content (AvgIpc) is 2.85. The van der Waals surface area contributed by atoms with Gasteiger partial charge >= 0.3 is 12.0 Å². The summed E-state index contributed by atoms with van der Waals surface area (Å²) in [7, 11) is 0. The number of carboxylic acid groups (broad SMARTS) is 1. The first-order valence-electron chi connectivity index (χ1n) is 5.55. The van der Waals surface area contributed by atoms with Crippen molar-refractivity contribution in [3.8, 4) is 0 Å². The van der Waals surface area contributed by atoms with Crippen molar-refractivity contribution in [1.82, 2.24) is 14.8 Å². The molecule has 0 atom stereocenters. The van der Waals surface area contributed by atoms with Gasteiger partial charge < -0.3 is 10.4 Å². The molecule has 0 saturated heterocycles. The van der Waals surface area contributed by atoms with E-state index in [0.717, 1.165) is 17.1 Å². The molecule has 0 bridgehead atoms. The molecule has 104 valence electrons. The fourth-order valence-electron chi connectivity index (χ4n) is 1.60. The number of amides is 2. The van der Waals surface area contributed by atoms with Crippen LogP contribution in [0.1, 0.15) is 21.5 Å². The molecule has 1 aromatic heterocycles. The number of aromatic carboxylic acids is 1. The number of benzene rings is 1. The molecule has 0 aliphatic heterocycles. The lowest BCUT2D eigenvalue weighted by atomic mass is 10.0. The van der Waals surface area contributed by atoms with Crippen LogP contribution in [0.3, 0.4) is 0 Å². The fourth-order valence-corrected chi connectivity index (χ4v) is 1.96. The number of hydrogen-bond donors (Lipinski definition) is 3. The molecule has 1 aromatic carbocycles. The van der Waals surface area contributed by atoms with Gasteiger partial charge in [0.2, 0.25) is 5.13 Å². The van der Waals surface area contributed by atoms with Gasteiger partial charge in [-0.05, 0) is 42.3 Å². The van der Waals surface area contributed by atoms with E-state index in [-0.39, 0.29) is 10.7 Å². The maximum atomic E-state index is 11.7. The van der Waals surface area contributed by atoms with Crippen LogP contribution in [0.5, 0.6) is 0 Å². The molecule has 8 nitrogen and oxygen atoms in total. The summed E-state index contributed by atoms with van der Waals surface area (Å²) in [5.74, 6) is -1.04. The number of rotatable bonds is 3. The second kappa shape index (κ2) is 5.61. The Morgan fingerprint density at radius 3 is 2.60 bits per heavy atom. The molecule has 2 aromatic rings. The predicted octanol–water partition coefficient (Wildman–Crippen LogP) is 1.89. The fraction of sp³-hybridized carbons (Fsp3) is 0.182. The highest BCUT2D eigenvalue weighted by atomic mass is 32.1. The molecular formula is C11H11N5O3S. The molecule has 3 N–H and O–H groups in total. The lowest BCUT2D eigenvalue weighted by Gasteiger charge is -2.10. The molecule has 0 fully saturated rings. The Morgan fingerprint density at radius 2 is 2.00 bits per heavy atom. The van der Waals surface area contributed by atoms with Crippen molar-refractivity contribution in [2.24, 2.45) is 0 Å². The molecule has 0 radical (unpaired) electrons. The Bertz CT molecular complexity index is 656. The molecule has 20 heavy (non-hydrogen) atoms. The standard InChI is InChI=1S/C11H11N5O3S/c1-5-3-7(4-8(6(5)2)9(17)18)12-10(19)13-11-14-15-16-20-11/h3-4H,1-2H3,(H,17,18)(H2,12,13,14,16,19). The summed E-state index contributed by atoms with van der Waals surface area (Å²) >= 11 is 0.937. The lowest BCUT2D eigenvalue weighted by molar-refractivity contribution is 0.0696. The Hall–Kier alpha value is -2.55. The normalized spacial score (nSPS) is 10.1. The number of aryl methyl sites for hydroxylation is 1. The number of urea groups is 1. The number of carboxylic acids is 1. The van der Waals surface area contributed by atoms with Gasteiger partial charge in [0.1, 0.15) is 0 Å². The van der Waals surface area contributed by atoms with Crippen LogP contribution in [0.25, 0.3) is 0 Å². The summed E-state index contributed by atoms with van der Waals surface area (Å²) in [4.78, 5) is 22.8. The summed E-state index contributed by atoms with van der Waals surface area (Å²) in [5.41, 5.74) is 1.98. The van der Waals surface area contributed by atoms with Crippen molar-refractivity contribution in [3.05, 3.63) is 28.8 Å². The van der Waals surface area contributed by atoms with Gasteiger partial charge in [-0.25, -0.2) is 9.59 Å². The summed E-state index contributed by atoms with van der Waals surface area (Å²) in [6, 6.07) is 2.56. The minimum Gasteiger partial charge on any atom is -0.478 e. The lowest BCUT2D eigenvalue weighted by Crippen LogP contribution is -2.20. The Morgan fingerprint density at radius 1 is 1.25 bits per heavy atom. The highest BCUT2D eigenvalue weighted by Gasteiger charge is 2.12. The van der Waals surface area contributed by atoms with Crippen LogP contribution in [0, 0.1) is 13.8 Å². The van der Waals surface area contributed by atoms with Gasteiger partial charge in [0.05, 0.1) is 5.56 Å². The molecular weight excluding hydrogens is 282 g/mol. The van der Waals surface area contributed by atoms with Crippen LogP contribution in [0.2, 0.25) is 0 Å². The first-order chi connectivity index (χ1) is 9.47. The van der Waals surface area contributed by atoms with Crippen LogP contribution in [-0.2, 0) is 0 Å². The Kier molecular flexibility index (Phi) is 3.89. The summed E-state index contributed by atoms with van der Waals surface area (Å²) in [5, 5.41) is 21.2. The zero-order valence-corrected chi connectivity index (χ0v) is 11.5. The molecule has 2 rings (SSSR count). The van der Waals surface area contributed by atoms with Crippen LogP contribution >= 0.6 is 11.5 Å². The molecule has 1 heterocycles. The van der Waals surface area contributed by atoms with Crippen molar-refractivity contribution >= 4 is 34.4 Å². The van der Waals surface area contributed by atoms with Gasteiger partial charge in [0.25, 0.3) is 0 Å². The minimum atomic E-state index is -1.04. The smallest absolute Gasteiger partial charge is 0.336 e. The van der Waals surface area contributed by atoms with Crippen molar-refractivity contribution in [2.75, 3.05) is 10.6 Å². The number of carbonyl (C=O) groups excluding carboxylic acids is 1.